The number of carbonyl (C=O) groups is 1. The molecule has 1 aromatic carbocycles. The fraction of sp³-hybridized carbons (Fsp3) is 0.261. The molecule has 1 unspecified atom stereocenters. The molecule has 2 aromatic heterocycles. The summed E-state index contributed by atoms with van der Waals surface area (Å²) in [4.78, 5) is 17.3. The van der Waals surface area contributed by atoms with Gasteiger partial charge in [0.15, 0.2) is 0 Å². The highest BCUT2D eigenvalue weighted by molar-refractivity contribution is 6.34. The van der Waals surface area contributed by atoms with Crippen LogP contribution in [0.25, 0.3) is 0 Å². The van der Waals surface area contributed by atoms with Crippen LogP contribution in [0.15, 0.2) is 48.8 Å². The summed E-state index contributed by atoms with van der Waals surface area (Å²) in [5, 5.41) is 7.45. The van der Waals surface area contributed by atoms with Gasteiger partial charge in [-0.2, -0.15) is 5.10 Å². The van der Waals surface area contributed by atoms with Crippen molar-refractivity contribution in [3.05, 3.63) is 76.2 Å². The van der Waals surface area contributed by atoms with Crippen molar-refractivity contribution in [2.75, 3.05) is 18.5 Å². The minimum atomic E-state index is -0.346. The molecular weight excluding hydrogens is 400 g/mol. The predicted octanol–water partition coefficient (Wildman–Crippen LogP) is 4.24. The Kier molecular flexibility index (Phi) is 6.12. The molecule has 0 saturated carbocycles. The Morgan fingerprint density at radius 2 is 2.03 bits per heavy atom. The van der Waals surface area contributed by atoms with Gasteiger partial charge in [0.05, 0.1) is 23.9 Å². The summed E-state index contributed by atoms with van der Waals surface area (Å²) in [6.07, 6.45) is 4.96. The number of pyridine rings is 1. The zero-order chi connectivity index (χ0) is 20.9. The maximum absolute atomic E-state index is 12.9. The highest BCUT2D eigenvalue weighted by Gasteiger charge is 2.25. The Labute approximate surface area is 180 Å². The van der Waals surface area contributed by atoms with Gasteiger partial charge in [-0.15, -0.1) is 0 Å². The van der Waals surface area contributed by atoms with Crippen LogP contribution in [0.2, 0.25) is 5.02 Å². The zero-order valence-electron chi connectivity index (χ0n) is 16.6. The number of aromatic nitrogens is 3. The molecule has 1 fully saturated rings. The number of nitrogens with one attached hydrogen (secondary N) is 1. The van der Waals surface area contributed by atoms with Gasteiger partial charge in [-0.1, -0.05) is 41.6 Å². The van der Waals surface area contributed by atoms with Crippen molar-refractivity contribution in [1.29, 1.82) is 0 Å². The van der Waals surface area contributed by atoms with E-state index in [0.29, 0.717) is 23.1 Å². The number of amides is 1. The number of rotatable bonds is 3. The molecule has 1 atom stereocenters. The molecule has 0 bridgehead atoms. The van der Waals surface area contributed by atoms with E-state index >= 15 is 0 Å². The maximum atomic E-state index is 12.9. The van der Waals surface area contributed by atoms with Crippen LogP contribution in [0.3, 0.4) is 0 Å². The summed E-state index contributed by atoms with van der Waals surface area (Å²) < 4.78 is 7.18. The van der Waals surface area contributed by atoms with Crippen LogP contribution in [-0.2, 0) is 4.74 Å². The second kappa shape index (κ2) is 9.12. The topological polar surface area (TPSA) is 69.0 Å². The van der Waals surface area contributed by atoms with E-state index in [9.17, 15) is 4.79 Å². The molecule has 1 amide bonds. The van der Waals surface area contributed by atoms with E-state index in [1.54, 1.807) is 10.9 Å². The average Bonchev–Trinajstić information content (AvgIpc) is 3.17. The van der Waals surface area contributed by atoms with E-state index in [1.165, 1.54) is 6.20 Å². The number of aryl methyl sites for hydroxylation is 1. The van der Waals surface area contributed by atoms with Crippen LogP contribution in [0.4, 0.5) is 5.82 Å². The van der Waals surface area contributed by atoms with Gasteiger partial charge < -0.3 is 10.1 Å². The van der Waals surface area contributed by atoms with Crippen molar-refractivity contribution in [2.24, 2.45) is 0 Å². The first-order valence-electron chi connectivity index (χ1n) is 9.77. The van der Waals surface area contributed by atoms with E-state index in [1.807, 2.05) is 43.3 Å². The van der Waals surface area contributed by atoms with Gasteiger partial charge in [-0.25, -0.2) is 4.98 Å². The van der Waals surface area contributed by atoms with Crippen molar-refractivity contribution in [1.82, 2.24) is 14.8 Å². The summed E-state index contributed by atoms with van der Waals surface area (Å²) in [6.45, 7) is 3.13. The van der Waals surface area contributed by atoms with Crippen molar-refractivity contribution < 1.29 is 9.53 Å². The fourth-order valence-electron chi connectivity index (χ4n) is 3.35. The van der Waals surface area contributed by atoms with Crippen molar-refractivity contribution in [3.8, 4) is 11.8 Å². The summed E-state index contributed by atoms with van der Waals surface area (Å²) in [6, 6.07) is 11.6. The first-order chi connectivity index (χ1) is 14.6. The van der Waals surface area contributed by atoms with Gasteiger partial charge in [0.1, 0.15) is 11.5 Å². The maximum Gasteiger partial charge on any atom is 0.276 e. The van der Waals surface area contributed by atoms with E-state index in [4.69, 9.17) is 16.3 Å². The highest BCUT2D eigenvalue weighted by atomic mass is 35.5. The van der Waals surface area contributed by atoms with Crippen molar-refractivity contribution >= 4 is 23.3 Å². The molecule has 6 nitrogen and oxygen atoms in total. The molecule has 0 radical (unpaired) electrons. The Morgan fingerprint density at radius 3 is 2.77 bits per heavy atom. The highest BCUT2D eigenvalue weighted by Crippen LogP contribution is 2.25. The number of halogens is 1. The summed E-state index contributed by atoms with van der Waals surface area (Å²) in [5.41, 5.74) is 2.84. The van der Waals surface area contributed by atoms with Gasteiger partial charge in [0.25, 0.3) is 5.91 Å². The van der Waals surface area contributed by atoms with Gasteiger partial charge in [0, 0.05) is 23.9 Å². The lowest BCUT2D eigenvalue weighted by Gasteiger charge is -2.24. The van der Waals surface area contributed by atoms with E-state index in [2.05, 4.69) is 27.2 Å². The summed E-state index contributed by atoms with van der Waals surface area (Å²) in [5.74, 6) is 6.32. The minimum Gasteiger partial charge on any atom is -0.379 e. The normalized spacial score (nSPS) is 15.9. The molecule has 1 saturated heterocycles. The minimum absolute atomic E-state index is 0.00306. The monoisotopic (exact) mass is 420 g/mol. The lowest BCUT2D eigenvalue weighted by molar-refractivity contribution is 0.0535. The number of nitrogens with zero attached hydrogens (tertiary/aromatic N) is 3. The molecule has 4 rings (SSSR count). The molecule has 152 valence electrons. The van der Waals surface area contributed by atoms with Crippen LogP contribution >= 0.6 is 11.6 Å². The van der Waals surface area contributed by atoms with Crippen LogP contribution in [0.5, 0.6) is 0 Å². The second-order valence-electron chi connectivity index (χ2n) is 7.12. The summed E-state index contributed by atoms with van der Waals surface area (Å²) >= 11 is 6.27. The second-order valence-corrected chi connectivity index (χ2v) is 7.52. The largest absolute Gasteiger partial charge is 0.379 e. The Morgan fingerprint density at radius 1 is 1.23 bits per heavy atom. The first kappa shape index (κ1) is 20.1. The molecule has 0 aliphatic carbocycles. The number of benzene rings is 1. The lowest BCUT2D eigenvalue weighted by Crippen LogP contribution is -2.27. The van der Waals surface area contributed by atoms with E-state index in [0.717, 1.165) is 36.1 Å². The van der Waals surface area contributed by atoms with Crippen LogP contribution < -0.4 is 5.32 Å². The summed E-state index contributed by atoms with van der Waals surface area (Å²) in [7, 11) is 0. The third kappa shape index (κ3) is 4.54. The van der Waals surface area contributed by atoms with Gasteiger partial charge in [-0.3, -0.25) is 9.48 Å². The van der Waals surface area contributed by atoms with Gasteiger partial charge in [0.2, 0.25) is 0 Å². The molecule has 1 aliphatic rings. The van der Waals surface area contributed by atoms with Crippen LogP contribution in [0, 0.1) is 18.8 Å². The third-order valence-corrected chi connectivity index (χ3v) is 5.16. The number of hydrogen-bond donors (Lipinski definition) is 1. The van der Waals surface area contributed by atoms with Gasteiger partial charge >= 0.3 is 0 Å². The predicted molar refractivity (Wildman–Crippen MR) is 116 cm³/mol. The molecule has 1 aliphatic heterocycles. The molecule has 3 heterocycles. The standard InChI is InChI=1S/C23H21ClN4O2/c1-16-12-18(10-9-17-6-3-2-4-7-17)13-25-22(16)27-23(29)21-20(24)14-26-28(21)19-8-5-11-30-15-19/h2-4,6-7,12-14,19H,5,8,11,15H2,1H3,(H,25,27,29). The van der Waals surface area contributed by atoms with Crippen molar-refractivity contribution in [2.45, 2.75) is 25.8 Å². The fourth-order valence-corrected chi connectivity index (χ4v) is 3.57. The van der Waals surface area contributed by atoms with Crippen LogP contribution in [-0.4, -0.2) is 33.9 Å². The zero-order valence-corrected chi connectivity index (χ0v) is 17.3. The van der Waals surface area contributed by atoms with Crippen LogP contribution in [0.1, 0.15) is 46.1 Å². The smallest absolute Gasteiger partial charge is 0.276 e. The van der Waals surface area contributed by atoms with Gasteiger partial charge in [-0.05, 0) is 43.5 Å². The molecule has 3 aromatic rings. The van der Waals surface area contributed by atoms with E-state index in [-0.39, 0.29) is 11.9 Å². The molecule has 30 heavy (non-hydrogen) atoms. The van der Waals surface area contributed by atoms with E-state index < -0.39 is 0 Å². The number of hydrogen-bond acceptors (Lipinski definition) is 4. The lowest BCUT2D eigenvalue weighted by atomic mass is 10.1. The first-order valence-corrected chi connectivity index (χ1v) is 10.2. The molecule has 1 N–H and O–H groups in total. The Bertz CT molecular complexity index is 1110. The molecule has 0 spiro atoms. The molecular formula is C23H21ClN4O2. The third-order valence-electron chi connectivity index (χ3n) is 4.88. The molecule has 7 heteroatoms. The SMILES string of the molecule is Cc1cc(C#Cc2ccccc2)cnc1NC(=O)c1c(Cl)cnn1C1CCCOC1. The quantitative estimate of drug-likeness (QED) is 0.643. The number of carbonyl (C=O) groups excluding carboxylic acids is 1. The number of ether oxygens (including phenoxy) is 1. The Balaban J connectivity index is 1.52. The van der Waals surface area contributed by atoms with Crippen molar-refractivity contribution in [3.63, 3.8) is 0 Å². The average molecular weight is 421 g/mol. The number of anilines is 1. The Hall–Kier alpha value is -3.14.